The minimum Gasteiger partial charge on any atom is -0.370 e. The summed E-state index contributed by atoms with van der Waals surface area (Å²) in [7, 11) is 0. The van der Waals surface area contributed by atoms with Crippen LogP contribution in [0.5, 0.6) is 0 Å². The molecule has 1 aliphatic rings. The maximum Gasteiger partial charge on any atom is 0.237 e. The van der Waals surface area contributed by atoms with E-state index in [1.807, 2.05) is 13.8 Å². The van der Waals surface area contributed by atoms with E-state index in [1.165, 1.54) is 6.92 Å². The number of aliphatic imine (C=N–C) groups is 1. The molecule has 7 heteroatoms. The Balaban J connectivity index is 2.65. The molecule has 7 nitrogen and oxygen atoms in total. The number of piperazine rings is 1. The van der Waals surface area contributed by atoms with E-state index in [4.69, 9.17) is 11.5 Å². The first-order chi connectivity index (χ1) is 9.32. The van der Waals surface area contributed by atoms with Crippen LogP contribution >= 0.6 is 0 Å². The lowest BCUT2D eigenvalue weighted by Crippen LogP contribution is -2.63. The average Bonchev–Trinajstić information content (AvgIpc) is 2.34. The molecule has 0 spiro atoms. The zero-order valence-corrected chi connectivity index (χ0v) is 12.4. The maximum atomic E-state index is 12.2. The molecular formula is C13H25N5O2. The molecule has 0 aromatic rings. The highest BCUT2D eigenvalue weighted by Gasteiger charge is 2.36. The van der Waals surface area contributed by atoms with Crippen LogP contribution in [-0.2, 0) is 9.59 Å². The van der Waals surface area contributed by atoms with E-state index in [1.54, 1.807) is 0 Å². The summed E-state index contributed by atoms with van der Waals surface area (Å²) in [5.74, 6) is -0.0340. The van der Waals surface area contributed by atoms with E-state index in [0.717, 1.165) is 6.42 Å². The van der Waals surface area contributed by atoms with E-state index >= 15 is 0 Å². The Bertz CT molecular complexity index is 390. The Morgan fingerprint density at radius 1 is 1.50 bits per heavy atom. The predicted molar refractivity (Wildman–Crippen MR) is 78.2 cm³/mol. The third kappa shape index (κ3) is 4.48. The van der Waals surface area contributed by atoms with Gasteiger partial charge in [0.1, 0.15) is 0 Å². The van der Waals surface area contributed by atoms with Gasteiger partial charge in [0.15, 0.2) is 11.7 Å². The highest BCUT2D eigenvalue weighted by molar-refractivity contribution is 5.91. The summed E-state index contributed by atoms with van der Waals surface area (Å²) in [6.07, 6.45) is 1.40. The van der Waals surface area contributed by atoms with Gasteiger partial charge < -0.3 is 16.8 Å². The van der Waals surface area contributed by atoms with Gasteiger partial charge in [0.25, 0.3) is 0 Å². The van der Waals surface area contributed by atoms with Crippen LogP contribution in [0.15, 0.2) is 4.99 Å². The van der Waals surface area contributed by atoms with Crippen molar-refractivity contribution in [2.45, 2.75) is 51.7 Å². The molecule has 0 saturated carbocycles. The predicted octanol–water partition coefficient (Wildman–Crippen LogP) is -0.794. The molecule has 0 aromatic heterocycles. The van der Waals surface area contributed by atoms with Crippen LogP contribution in [0.3, 0.4) is 0 Å². The quantitative estimate of drug-likeness (QED) is 0.336. The number of carbonyl (C=O) groups is 2. The number of hydrogen-bond donors (Lipinski definition) is 3. The Kier molecular flexibility index (Phi) is 5.94. The molecule has 114 valence electrons. The fourth-order valence-electron chi connectivity index (χ4n) is 2.39. The zero-order valence-electron chi connectivity index (χ0n) is 12.4. The normalized spacial score (nSPS) is 23.5. The molecule has 20 heavy (non-hydrogen) atoms. The Labute approximate surface area is 119 Å². The highest BCUT2D eigenvalue weighted by Crippen LogP contribution is 2.17. The van der Waals surface area contributed by atoms with Crippen LogP contribution in [-0.4, -0.2) is 53.8 Å². The molecule has 0 aliphatic carbocycles. The molecule has 1 amide bonds. The van der Waals surface area contributed by atoms with Gasteiger partial charge in [-0.3, -0.25) is 19.5 Å². The van der Waals surface area contributed by atoms with Gasteiger partial charge in [-0.1, -0.05) is 0 Å². The first-order valence-corrected chi connectivity index (χ1v) is 6.95. The first kappa shape index (κ1) is 16.4. The van der Waals surface area contributed by atoms with Crippen molar-refractivity contribution in [1.82, 2.24) is 10.2 Å². The summed E-state index contributed by atoms with van der Waals surface area (Å²) in [6.45, 7) is 6.63. The number of nitrogens with one attached hydrogen (secondary N) is 1. The van der Waals surface area contributed by atoms with Gasteiger partial charge in [-0.15, -0.1) is 0 Å². The molecule has 1 unspecified atom stereocenters. The summed E-state index contributed by atoms with van der Waals surface area (Å²) in [4.78, 5) is 29.6. The number of ketones is 1. The van der Waals surface area contributed by atoms with Crippen LogP contribution < -0.4 is 16.8 Å². The van der Waals surface area contributed by atoms with Crippen molar-refractivity contribution in [3.05, 3.63) is 0 Å². The van der Waals surface area contributed by atoms with Gasteiger partial charge in [0.2, 0.25) is 5.91 Å². The van der Waals surface area contributed by atoms with Crippen molar-refractivity contribution in [3.63, 3.8) is 0 Å². The monoisotopic (exact) mass is 283 g/mol. The number of nitrogens with two attached hydrogens (primary N) is 2. The molecule has 1 saturated heterocycles. The molecule has 1 rings (SSSR count). The van der Waals surface area contributed by atoms with Gasteiger partial charge in [-0.2, -0.15) is 0 Å². The van der Waals surface area contributed by atoms with E-state index in [9.17, 15) is 9.59 Å². The van der Waals surface area contributed by atoms with Gasteiger partial charge in [0, 0.05) is 19.1 Å². The van der Waals surface area contributed by atoms with Crippen molar-refractivity contribution in [2.24, 2.45) is 16.5 Å². The standard InChI is InChI=1S/C13H25N5O2/c1-8(2)18-7-10(9(3)19)17-12(20)11(18)5-4-6-16-13(14)15/h8,10-11H,4-7H2,1-3H3,(H,17,20)(H4,14,15,16)/t10?,11-/m0/s1. The molecule has 5 N–H and O–H groups in total. The minimum absolute atomic E-state index is 0.0112. The molecule has 1 aliphatic heterocycles. The second-order valence-electron chi connectivity index (χ2n) is 5.43. The zero-order chi connectivity index (χ0) is 15.3. The van der Waals surface area contributed by atoms with Crippen molar-refractivity contribution in [1.29, 1.82) is 0 Å². The summed E-state index contributed by atoms with van der Waals surface area (Å²) in [6, 6.07) is -0.422. The third-order valence-electron chi connectivity index (χ3n) is 3.50. The van der Waals surface area contributed by atoms with Crippen molar-refractivity contribution in [2.75, 3.05) is 13.1 Å². The second kappa shape index (κ2) is 7.23. The van der Waals surface area contributed by atoms with E-state index < -0.39 is 6.04 Å². The molecule has 0 aromatic carbocycles. The first-order valence-electron chi connectivity index (χ1n) is 6.95. The SMILES string of the molecule is CC(=O)C1CN(C(C)C)[C@@H](CCCN=C(N)N)C(=O)N1. The summed E-state index contributed by atoms with van der Waals surface area (Å²) in [5.41, 5.74) is 10.5. The number of rotatable bonds is 6. The van der Waals surface area contributed by atoms with Crippen LogP contribution in [0.2, 0.25) is 0 Å². The third-order valence-corrected chi connectivity index (χ3v) is 3.50. The number of nitrogens with zero attached hydrogens (tertiary/aromatic N) is 2. The van der Waals surface area contributed by atoms with Gasteiger partial charge in [-0.05, 0) is 33.6 Å². The molecule has 0 bridgehead atoms. The van der Waals surface area contributed by atoms with E-state index in [2.05, 4.69) is 15.2 Å². The van der Waals surface area contributed by atoms with Crippen molar-refractivity contribution < 1.29 is 9.59 Å². The summed E-state index contributed by atoms with van der Waals surface area (Å²) < 4.78 is 0. The van der Waals surface area contributed by atoms with E-state index in [-0.39, 0.29) is 29.7 Å². The molecule has 0 radical (unpaired) electrons. The Morgan fingerprint density at radius 2 is 2.15 bits per heavy atom. The smallest absolute Gasteiger partial charge is 0.237 e. The number of Topliss-reactive ketones (excluding diaryl/α,β-unsaturated/α-hetero) is 1. The van der Waals surface area contributed by atoms with Crippen molar-refractivity contribution in [3.8, 4) is 0 Å². The number of carbonyl (C=O) groups excluding carboxylic acids is 2. The minimum atomic E-state index is -0.404. The number of amides is 1. The lowest BCUT2D eigenvalue weighted by Gasteiger charge is -2.41. The summed E-state index contributed by atoms with van der Waals surface area (Å²) in [5, 5.41) is 2.79. The second-order valence-corrected chi connectivity index (χ2v) is 5.43. The average molecular weight is 283 g/mol. The van der Waals surface area contributed by atoms with E-state index in [0.29, 0.717) is 19.5 Å². The van der Waals surface area contributed by atoms with Crippen LogP contribution in [0.25, 0.3) is 0 Å². The summed E-state index contributed by atoms with van der Waals surface area (Å²) >= 11 is 0. The maximum absolute atomic E-state index is 12.2. The highest BCUT2D eigenvalue weighted by atomic mass is 16.2. The number of guanidine groups is 1. The Hall–Kier alpha value is -1.63. The Morgan fingerprint density at radius 3 is 2.65 bits per heavy atom. The molecule has 2 atom stereocenters. The van der Waals surface area contributed by atoms with Gasteiger partial charge in [-0.25, -0.2) is 0 Å². The van der Waals surface area contributed by atoms with Gasteiger partial charge >= 0.3 is 0 Å². The number of hydrogen-bond acceptors (Lipinski definition) is 4. The molecule has 1 fully saturated rings. The van der Waals surface area contributed by atoms with Crippen LogP contribution in [0, 0.1) is 0 Å². The molecule has 1 heterocycles. The fraction of sp³-hybridized carbons (Fsp3) is 0.769. The lowest BCUT2D eigenvalue weighted by molar-refractivity contribution is -0.136. The van der Waals surface area contributed by atoms with Gasteiger partial charge in [0.05, 0.1) is 12.1 Å². The van der Waals surface area contributed by atoms with Crippen molar-refractivity contribution >= 4 is 17.6 Å². The lowest BCUT2D eigenvalue weighted by atomic mass is 10.00. The van der Waals surface area contributed by atoms with Crippen LogP contribution in [0.4, 0.5) is 0 Å². The topological polar surface area (TPSA) is 114 Å². The molecular weight excluding hydrogens is 258 g/mol. The fourth-order valence-corrected chi connectivity index (χ4v) is 2.39. The largest absolute Gasteiger partial charge is 0.370 e. The van der Waals surface area contributed by atoms with Crippen LogP contribution in [0.1, 0.15) is 33.6 Å².